The highest BCUT2D eigenvalue weighted by atomic mass is 79.9. The minimum atomic E-state index is -1.12. The van der Waals surface area contributed by atoms with Crippen molar-refractivity contribution in [2.45, 2.75) is 36.8 Å². The predicted molar refractivity (Wildman–Crippen MR) is 135 cm³/mol. The first-order chi connectivity index (χ1) is 16.4. The zero-order valence-electron chi connectivity index (χ0n) is 18.8. The summed E-state index contributed by atoms with van der Waals surface area (Å²) in [6.45, 7) is 0. The summed E-state index contributed by atoms with van der Waals surface area (Å²) in [5.74, 6) is -0.275. The number of fused-ring (bicyclic) bond motifs is 2. The summed E-state index contributed by atoms with van der Waals surface area (Å²) in [7, 11) is 1.60. The van der Waals surface area contributed by atoms with E-state index in [4.69, 9.17) is 4.74 Å². The van der Waals surface area contributed by atoms with Gasteiger partial charge in [-0.2, -0.15) is 0 Å². The number of nitrogens with zero attached hydrogens (tertiary/aromatic N) is 1. The number of amides is 1. The maximum Gasteiger partial charge on any atom is 0.329 e. The number of halogens is 1. The summed E-state index contributed by atoms with van der Waals surface area (Å²) in [6.07, 6.45) is 1.77. The first-order valence-electron chi connectivity index (χ1n) is 11.2. The van der Waals surface area contributed by atoms with Crippen molar-refractivity contribution in [2.24, 2.45) is 0 Å². The number of rotatable bonds is 5. The molecule has 1 amide bonds. The minimum Gasteiger partial charge on any atom is -0.497 e. The number of benzene rings is 3. The molecule has 7 heteroatoms. The highest BCUT2D eigenvalue weighted by Crippen LogP contribution is 2.53. The number of carbonyl (C=O) groups is 2. The van der Waals surface area contributed by atoms with Crippen LogP contribution in [0.25, 0.3) is 0 Å². The lowest BCUT2D eigenvalue weighted by Crippen LogP contribution is -2.56. The molecule has 2 aliphatic rings. The SMILES string of the molecule is COc1cccc(N2C(=O)c3ccccc3C23CCC(Nc2cccc(Br)c2)(C(=O)O)CC3)c1. The fraction of sp³-hybridized carbons (Fsp3) is 0.259. The molecule has 5 rings (SSSR count). The number of nitrogens with one attached hydrogen (secondary N) is 1. The summed E-state index contributed by atoms with van der Waals surface area (Å²) in [6, 6.07) is 22.7. The molecule has 1 fully saturated rings. The van der Waals surface area contributed by atoms with E-state index in [-0.39, 0.29) is 5.91 Å². The first kappa shape index (κ1) is 22.5. The predicted octanol–water partition coefficient (Wildman–Crippen LogP) is 5.82. The molecule has 3 aromatic carbocycles. The third kappa shape index (κ3) is 3.55. The standard InChI is InChI=1S/C27H25BrN2O4/c1-34-21-9-5-8-20(17-21)30-24(31)22-10-2-3-11-23(22)27(30)14-12-26(13-15-27,25(32)33)29-19-7-4-6-18(28)16-19/h2-11,16-17,29H,12-15H2,1H3,(H,32,33). The topological polar surface area (TPSA) is 78.9 Å². The van der Waals surface area contributed by atoms with Crippen LogP contribution < -0.4 is 15.0 Å². The molecule has 6 nitrogen and oxygen atoms in total. The van der Waals surface area contributed by atoms with Crippen molar-refractivity contribution >= 4 is 39.2 Å². The van der Waals surface area contributed by atoms with E-state index in [1.165, 1.54) is 0 Å². The number of carboxylic acids is 1. The summed E-state index contributed by atoms with van der Waals surface area (Å²) in [5, 5.41) is 13.6. The molecule has 0 unspecified atom stereocenters. The van der Waals surface area contributed by atoms with Gasteiger partial charge in [0.05, 0.1) is 12.6 Å². The third-order valence-electron chi connectivity index (χ3n) is 7.15. The van der Waals surface area contributed by atoms with Gasteiger partial charge in [-0.3, -0.25) is 9.69 Å². The van der Waals surface area contributed by atoms with Gasteiger partial charge in [-0.1, -0.05) is 46.3 Å². The molecular formula is C27H25BrN2O4. The number of hydrogen-bond acceptors (Lipinski definition) is 4. The summed E-state index contributed by atoms with van der Waals surface area (Å²) in [4.78, 5) is 28.0. The van der Waals surface area contributed by atoms with E-state index in [1.807, 2.05) is 77.7 Å². The molecular weight excluding hydrogens is 496 g/mol. The fourth-order valence-electron chi connectivity index (χ4n) is 5.44. The molecule has 1 aliphatic heterocycles. The number of anilines is 2. The summed E-state index contributed by atoms with van der Waals surface area (Å²) in [5.41, 5.74) is 1.41. The van der Waals surface area contributed by atoms with E-state index in [0.717, 1.165) is 21.4 Å². The van der Waals surface area contributed by atoms with Crippen LogP contribution in [0.3, 0.4) is 0 Å². The van der Waals surface area contributed by atoms with Gasteiger partial charge in [0, 0.05) is 27.5 Å². The molecule has 0 saturated heterocycles. The normalized spacial score (nSPS) is 23.6. The van der Waals surface area contributed by atoms with Crippen LogP contribution in [0, 0.1) is 0 Å². The van der Waals surface area contributed by atoms with Gasteiger partial charge in [-0.15, -0.1) is 0 Å². The molecule has 1 spiro atoms. The number of hydrogen-bond donors (Lipinski definition) is 2. The van der Waals surface area contributed by atoms with E-state index in [2.05, 4.69) is 21.2 Å². The first-order valence-corrected chi connectivity index (χ1v) is 12.0. The second-order valence-corrected chi connectivity index (χ2v) is 9.86. The molecule has 174 valence electrons. The maximum absolute atomic E-state index is 13.6. The molecule has 1 heterocycles. The van der Waals surface area contributed by atoms with Gasteiger partial charge in [0.1, 0.15) is 11.3 Å². The molecule has 1 saturated carbocycles. The van der Waals surface area contributed by atoms with Crippen molar-refractivity contribution in [1.29, 1.82) is 0 Å². The minimum absolute atomic E-state index is 0.0633. The smallest absolute Gasteiger partial charge is 0.329 e. The number of methoxy groups -OCH3 is 1. The van der Waals surface area contributed by atoms with Gasteiger partial charge in [-0.05, 0) is 67.6 Å². The lowest BCUT2D eigenvalue weighted by Gasteiger charge is -2.47. The molecule has 2 N–H and O–H groups in total. The van der Waals surface area contributed by atoms with Crippen LogP contribution in [0.5, 0.6) is 5.75 Å². The van der Waals surface area contributed by atoms with Crippen LogP contribution in [0.2, 0.25) is 0 Å². The van der Waals surface area contributed by atoms with Gasteiger partial charge >= 0.3 is 5.97 Å². The molecule has 0 bridgehead atoms. The second-order valence-electron chi connectivity index (χ2n) is 8.94. The number of carboxylic acid groups (broad SMARTS) is 1. The monoisotopic (exact) mass is 520 g/mol. The quantitative estimate of drug-likeness (QED) is 0.442. The van der Waals surface area contributed by atoms with Gasteiger partial charge in [0.15, 0.2) is 0 Å². The van der Waals surface area contributed by atoms with Gasteiger partial charge in [0.2, 0.25) is 0 Å². The van der Waals surface area contributed by atoms with Crippen molar-refractivity contribution in [3.05, 3.63) is 88.4 Å². The zero-order chi connectivity index (χ0) is 23.9. The van der Waals surface area contributed by atoms with E-state index >= 15 is 0 Å². The van der Waals surface area contributed by atoms with E-state index < -0.39 is 17.0 Å². The van der Waals surface area contributed by atoms with Crippen LogP contribution in [-0.2, 0) is 10.3 Å². The average molecular weight is 521 g/mol. The van der Waals surface area contributed by atoms with Crippen LogP contribution in [0.4, 0.5) is 11.4 Å². The zero-order valence-corrected chi connectivity index (χ0v) is 20.3. The van der Waals surface area contributed by atoms with Crippen molar-refractivity contribution in [3.8, 4) is 5.75 Å². The van der Waals surface area contributed by atoms with Gasteiger partial charge in [-0.25, -0.2) is 4.79 Å². The molecule has 0 aromatic heterocycles. The fourth-order valence-corrected chi connectivity index (χ4v) is 5.84. The number of carbonyl (C=O) groups excluding carboxylic acids is 1. The number of ether oxygens (including phenoxy) is 1. The van der Waals surface area contributed by atoms with Crippen molar-refractivity contribution in [1.82, 2.24) is 0 Å². The Morgan fingerprint density at radius 1 is 1.00 bits per heavy atom. The second kappa shape index (κ2) is 8.47. The Morgan fingerprint density at radius 2 is 1.74 bits per heavy atom. The summed E-state index contributed by atoms with van der Waals surface area (Å²) >= 11 is 3.46. The van der Waals surface area contributed by atoms with Gasteiger partial charge in [0.25, 0.3) is 5.91 Å². The van der Waals surface area contributed by atoms with E-state index in [9.17, 15) is 14.7 Å². The Labute approximate surface area is 206 Å². The van der Waals surface area contributed by atoms with Crippen LogP contribution in [0.1, 0.15) is 41.6 Å². The maximum atomic E-state index is 13.6. The Bertz CT molecular complexity index is 1270. The lowest BCUT2D eigenvalue weighted by molar-refractivity contribution is -0.144. The third-order valence-corrected chi connectivity index (χ3v) is 7.64. The van der Waals surface area contributed by atoms with Gasteiger partial charge < -0.3 is 15.2 Å². The molecule has 3 aromatic rings. The highest BCUT2D eigenvalue weighted by Gasteiger charge is 2.56. The Hall–Kier alpha value is -3.32. The highest BCUT2D eigenvalue weighted by molar-refractivity contribution is 9.10. The Kier molecular flexibility index (Phi) is 5.60. The Balaban J connectivity index is 1.55. The molecule has 0 radical (unpaired) electrons. The largest absolute Gasteiger partial charge is 0.497 e. The van der Waals surface area contributed by atoms with E-state index in [1.54, 1.807) is 7.11 Å². The van der Waals surface area contributed by atoms with Crippen LogP contribution in [0.15, 0.2) is 77.3 Å². The molecule has 0 atom stereocenters. The van der Waals surface area contributed by atoms with Crippen molar-refractivity contribution in [2.75, 3.05) is 17.3 Å². The lowest BCUT2D eigenvalue weighted by atomic mass is 9.69. The molecule has 34 heavy (non-hydrogen) atoms. The molecule has 1 aliphatic carbocycles. The van der Waals surface area contributed by atoms with Crippen molar-refractivity contribution < 1.29 is 19.4 Å². The van der Waals surface area contributed by atoms with Crippen LogP contribution >= 0.6 is 15.9 Å². The average Bonchev–Trinajstić information content (AvgIpc) is 3.08. The van der Waals surface area contributed by atoms with Crippen LogP contribution in [-0.4, -0.2) is 29.6 Å². The summed E-state index contributed by atoms with van der Waals surface area (Å²) < 4.78 is 6.29. The van der Waals surface area contributed by atoms with Crippen molar-refractivity contribution in [3.63, 3.8) is 0 Å². The number of aliphatic carboxylic acids is 1. The Morgan fingerprint density at radius 3 is 2.44 bits per heavy atom. The van der Waals surface area contributed by atoms with E-state index in [0.29, 0.717) is 37.0 Å².